The molecule has 19 aromatic rings. The number of rotatable bonds is 14. The van der Waals surface area contributed by atoms with Crippen LogP contribution < -0.4 is 0 Å². The molecule has 0 aliphatic heterocycles. The fourth-order valence-corrected chi connectivity index (χ4v) is 13.4. The summed E-state index contributed by atoms with van der Waals surface area (Å²) in [5.74, 6) is 3.83. The van der Waals surface area contributed by atoms with E-state index in [1.807, 2.05) is 241 Å². The fraction of sp³-hybridized carbons (Fsp3) is 0.0481. The van der Waals surface area contributed by atoms with Crippen LogP contribution in [0.4, 0.5) is 0 Å². The Morgan fingerprint density at radius 2 is 0.286 bits per heavy atom. The highest BCUT2D eigenvalue weighted by Gasteiger charge is 2.14. The van der Waals surface area contributed by atoms with Gasteiger partial charge < -0.3 is 0 Å². The summed E-state index contributed by atoms with van der Waals surface area (Å²) >= 11 is 0. The van der Waals surface area contributed by atoms with Crippen molar-refractivity contribution in [2.75, 3.05) is 0 Å². The van der Waals surface area contributed by atoms with Crippen molar-refractivity contribution in [3.8, 4) is 157 Å². The molecule has 0 amide bonds. The van der Waals surface area contributed by atoms with Crippen LogP contribution in [0.2, 0.25) is 0 Å². The van der Waals surface area contributed by atoms with Gasteiger partial charge in [-0.3, -0.25) is 24.9 Å². The normalized spacial score (nSPS) is 10.6. The van der Waals surface area contributed by atoms with Gasteiger partial charge in [0.2, 0.25) is 0 Å². The molecule has 572 valence electrons. The van der Waals surface area contributed by atoms with Gasteiger partial charge in [0.15, 0.2) is 0 Å². The molecule has 0 unspecified atom stereocenters. The first kappa shape index (κ1) is 78.4. The Morgan fingerprint density at radius 3 is 0.513 bits per heavy atom. The molecule has 0 fully saturated rings. The molecule has 0 spiro atoms. The minimum Gasteiger partial charge on any atom is -0.265 e. The Hall–Kier alpha value is -15.9. The zero-order chi connectivity index (χ0) is 81.3. The highest BCUT2D eigenvalue weighted by atomic mass is 14.9. The van der Waals surface area contributed by atoms with Crippen molar-refractivity contribution < 1.29 is 0 Å². The lowest BCUT2D eigenvalue weighted by Gasteiger charge is -2.09. The van der Waals surface area contributed by atoms with Crippen LogP contribution in [0.25, 0.3) is 157 Å². The van der Waals surface area contributed by atoms with Crippen LogP contribution >= 0.6 is 0 Å². The van der Waals surface area contributed by atoms with Crippen molar-refractivity contribution >= 4 is 0 Å². The second-order valence-corrected chi connectivity index (χ2v) is 27.7. The Kier molecular flexibility index (Phi) is 25.5. The van der Waals surface area contributed by atoms with Crippen LogP contribution in [0.15, 0.2) is 402 Å². The predicted molar refractivity (Wildman–Crippen MR) is 479 cm³/mol. The minimum absolute atomic E-state index is 0.752. The maximum Gasteiger partial charge on any atom is 0.126 e. The third-order valence-electron chi connectivity index (χ3n) is 19.2. The maximum absolute atomic E-state index is 4.68. The third kappa shape index (κ3) is 21.1. The Bertz CT molecular complexity index is 5930. The van der Waals surface area contributed by atoms with Crippen molar-refractivity contribution in [2.45, 2.75) is 34.6 Å². The van der Waals surface area contributed by atoms with E-state index in [0.717, 1.165) is 170 Å². The molecule has 10 aromatic heterocycles. The minimum atomic E-state index is 0.752. The van der Waals surface area contributed by atoms with Gasteiger partial charge in [0.25, 0.3) is 0 Å². The number of benzene rings is 9. The topological polar surface area (TPSA) is 193 Å². The second-order valence-electron chi connectivity index (χ2n) is 27.7. The average molecular weight is 1540 g/mol. The Morgan fingerprint density at radius 1 is 0.126 bits per heavy atom. The molecular formula is C104H81N15. The molecule has 19 rings (SSSR count). The van der Waals surface area contributed by atoms with Gasteiger partial charge in [-0.1, -0.05) is 255 Å². The molecule has 0 bridgehead atoms. The highest BCUT2D eigenvalue weighted by Crippen LogP contribution is 2.33. The zero-order valence-electron chi connectivity index (χ0n) is 66.3. The summed E-state index contributed by atoms with van der Waals surface area (Å²) in [5, 5.41) is 0. The molecule has 15 heteroatoms. The van der Waals surface area contributed by atoms with Crippen molar-refractivity contribution in [1.29, 1.82) is 0 Å². The molecule has 9 aromatic carbocycles. The lowest BCUT2D eigenvalue weighted by atomic mass is 10.0. The number of hydrogen-bond acceptors (Lipinski definition) is 15. The molecule has 0 radical (unpaired) electrons. The molecule has 0 saturated carbocycles. The van der Waals surface area contributed by atoms with Crippen LogP contribution in [-0.2, 0) is 0 Å². The molecule has 10 heterocycles. The quantitative estimate of drug-likeness (QED) is 0.0997. The van der Waals surface area contributed by atoms with Crippen LogP contribution in [0.5, 0.6) is 0 Å². The van der Waals surface area contributed by atoms with Crippen LogP contribution in [0, 0.1) is 34.6 Å². The van der Waals surface area contributed by atoms with E-state index in [0.29, 0.717) is 0 Å². The van der Waals surface area contributed by atoms with Crippen LogP contribution in [0.3, 0.4) is 0 Å². The van der Waals surface area contributed by atoms with Gasteiger partial charge in [0.05, 0.1) is 62.6 Å². The summed E-state index contributed by atoms with van der Waals surface area (Å²) in [4.78, 5) is 66.3. The van der Waals surface area contributed by atoms with Crippen LogP contribution in [-0.4, -0.2) is 74.8 Å². The van der Waals surface area contributed by atoms with Crippen molar-refractivity contribution in [2.24, 2.45) is 0 Å². The smallest absolute Gasteiger partial charge is 0.126 e. The fourth-order valence-electron chi connectivity index (χ4n) is 13.4. The molecule has 15 nitrogen and oxygen atoms in total. The van der Waals surface area contributed by atoms with Crippen LogP contribution in [0.1, 0.15) is 29.1 Å². The lowest BCUT2D eigenvalue weighted by Crippen LogP contribution is -1.95. The number of nitrogens with zero attached hydrogens (tertiary/aromatic N) is 15. The summed E-state index contributed by atoms with van der Waals surface area (Å²) < 4.78 is 0. The monoisotopic (exact) mass is 1540 g/mol. The van der Waals surface area contributed by atoms with Gasteiger partial charge >= 0.3 is 0 Å². The number of aromatic nitrogens is 15. The summed E-state index contributed by atoms with van der Waals surface area (Å²) in [7, 11) is 0. The molecule has 0 atom stereocenters. The standard InChI is InChI=1S/C28H21N3.C22H17N3.C21H16N4.C17H14N2.C16H13N3/c1-20-30-27(25-11-7-22(8-12-25)21-5-3-2-4-6-21)19-28(31-20)26-13-9-23(10-14-26)24-15-17-29-18-16-24;1-16-24-21(19-5-3-2-4-6-19)15-22(25-16)20-9-7-17(8-10-20)18-11-13-23-14-12-18;1-15-24-20(14-21(25-15)19-8-12-23-13-9-19)18-4-2-16(3-5-18)17-6-10-22-11-7-17;1-13-18-16(14-8-4-2-5-9-14)12-17(19-13)15-10-6-3-7-11-15;1-12-18-15(13-7-3-2-4-8-13)11-16(19-12)14-9-5-6-10-17-14/h2-19H,1H3;2-15H,1H3;2-14H,1H3;2-12H,1H3;2-11H,1H3. The SMILES string of the molecule is Cc1nc(-c2ccc(-c3ccccc3)cc2)cc(-c2ccc(-c3ccncc3)cc2)n1.Cc1nc(-c2ccccc2)cc(-c2ccc(-c3ccncc3)cc2)n1.Cc1nc(-c2ccccc2)cc(-c2ccccc2)n1.Cc1nc(-c2ccccc2)cc(-c2ccccn2)n1.Cc1nc(-c2ccncc2)cc(-c2ccc(-c3ccncc3)cc2)n1. The van der Waals surface area contributed by atoms with E-state index in [1.165, 1.54) is 16.7 Å². The van der Waals surface area contributed by atoms with Gasteiger partial charge in [0.1, 0.15) is 29.1 Å². The van der Waals surface area contributed by atoms with E-state index in [4.69, 9.17) is 0 Å². The lowest BCUT2D eigenvalue weighted by molar-refractivity contribution is 1.05. The molecule has 0 saturated heterocycles. The Labute approximate surface area is 693 Å². The number of hydrogen-bond donors (Lipinski definition) is 0. The predicted octanol–water partition coefficient (Wildman–Crippen LogP) is 24.2. The summed E-state index contributed by atoms with van der Waals surface area (Å²) in [5.41, 5.74) is 29.3. The van der Waals surface area contributed by atoms with Crippen molar-refractivity contribution in [1.82, 2.24) is 74.8 Å². The summed E-state index contributed by atoms with van der Waals surface area (Å²) in [6, 6.07) is 117. The van der Waals surface area contributed by atoms with Gasteiger partial charge in [-0.05, 0) is 170 Å². The molecule has 119 heavy (non-hydrogen) atoms. The Balaban J connectivity index is 0.000000117. The second kappa shape index (κ2) is 38.8. The number of aryl methyl sites for hydroxylation is 5. The van der Waals surface area contributed by atoms with Gasteiger partial charge in [-0.25, -0.2) is 49.8 Å². The first-order valence-electron chi connectivity index (χ1n) is 39.0. The van der Waals surface area contributed by atoms with E-state index < -0.39 is 0 Å². The van der Waals surface area contributed by atoms with Gasteiger partial charge in [0, 0.05) is 106 Å². The zero-order valence-corrected chi connectivity index (χ0v) is 66.3. The van der Waals surface area contributed by atoms with E-state index >= 15 is 0 Å². The number of pyridine rings is 5. The van der Waals surface area contributed by atoms with E-state index in [9.17, 15) is 0 Å². The molecule has 0 aliphatic carbocycles. The third-order valence-corrected chi connectivity index (χ3v) is 19.2. The van der Waals surface area contributed by atoms with Gasteiger partial charge in [-0.2, -0.15) is 0 Å². The summed E-state index contributed by atoms with van der Waals surface area (Å²) in [6.45, 7) is 9.62. The average Bonchev–Trinajstić information content (AvgIpc) is 0.817. The van der Waals surface area contributed by atoms with E-state index in [2.05, 4.69) is 239 Å². The molecule has 0 aliphatic rings. The first-order valence-corrected chi connectivity index (χ1v) is 39.0. The highest BCUT2D eigenvalue weighted by molar-refractivity contribution is 5.77. The van der Waals surface area contributed by atoms with E-state index in [1.54, 1.807) is 31.0 Å². The molecular weight excluding hydrogens is 1460 g/mol. The van der Waals surface area contributed by atoms with E-state index in [-0.39, 0.29) is 0 Å². The largest absolute Gasteiger partial charge is 0.265 e. The van der Waals surface area contributed by atoms with Gasteiger partial charge in [-0.15, -0.1) is 0 Å². The van der Waals surface area contributed by atoms with Crippen molar-refractivity contribution in [3.63, 3.8) is 0 Å². The summed E-state index contributed by atoms with van der Waals surface area (Å²) in [6.07, 6.45) is 16.2. The molecule has 0 N–H and O–H groups in total. The first-order chi connectivity index (χ1) is 58.5. The van der Waals surface area contributed by atoms with Crippen molar-refractivity contribution in [3.05, 3.63) is 431 Å². The maximum atomic E-state index is 4.68.